The molecule has 0 aromatic heterocycles. The Morgan fingerprint density at radius 3 is 2.18 bits per heavy atom. The summed E-state index contributed by atoms with van der Waals surface area (Å²) in [5.74, 6) is 0. The van der Waals surface area contributed by atoms with Crippen molar-refractivity contribution in [1.29, 1.82) is 0 Å². The third kappa shape index (κ3) is 3.60. The second kappa shape index (κ2) is 4.49. The number of rotatable bonds is 2. The van der Waals surface area contributed by atoms with Gasteiger partial charge in [0.2, 0.25) is 10.0 Å². The third-order valence-corrected chi connectivity index (χ3v) is 3.73. The lowest BCUT2D eigenvalue weighted by Crippen LogP contribution is -2.25. The summed E-state index contributed by atoms with van der Waals surface area (Å²) in [6.45, 7) is 0. The SMILES string of the molecule is CN(c1cc(Br)cc(C(F)(F)F)c1)S(C)(=O)=O. The van der Waals surface area contributed by atoms with Crippen LogP contribution in [0.2, 0.25) is 0 Å². The molecule has 0 aliphatic rings. The minimum atomic E-state index is -4.52. The number of hydrogen-bond acceptors (Lipinski definition) is 2. The van der Waals surface area contributed by atoms with Gasteiger partial charge in [-0.25, -0.2) is 8.42 Å². The molecular formula is C9H9BrF3NO2S. The summed E-state index contributed by atoms with van der Waals surface area (Å²) in [5.41, 5.74) is -0.952. The van der Waals surface area contributed by atoms with Crippen molar-refractivity contribution >= 4 is 31.6 Å². The van der Waals surface area contributed by atoms with Crippen molar-refractivity contribution in [2.24, 2.45) is 0 Å². The highest BCUT2D eigenvalue weighted by molar-refractivity contribution is 9.10. The molecule has 0 saturated heterocycles. The van der Waals surface area contributed by atoms with Gasteiger partial charge < -0.3 is 0 Å². The smallest absolute Gasteiger partial charge is 0.273 e. The molecule has 0 aliphatic carbocycles. The molecule has 0 spiro atoms. The highest BCUT2D eigenvalue weighted by atomic mass is 79.9. The van der Waals surface area contributed by atoms with Gasteiger partial charge >= 0.3 is 6.18 Å². The Balaban J connectivity index is 3.33. The molecule has 1 aromatic rings. The molecule has 0 aliphatic heterocycles. The first-order valence-electron chi connectivity index (χ1n) is 4.33. The summed E-state index contributed by atoms with van der Waals surface area (Å²) in [5, 5.41) is 0. The molecule has 0 radical (unpaired) electrons. The van der Waals surface area contributed by atoms with E-state index in [4.69, 9.17) is 0 Å². The number of sulfonamides is 1. The van der Waals surface area contributed by atoms with Gasteiger partial charge in [0.05, 0.1) is 17.5 Å². The van der Waals surface area contributed by atoms with Crippen LogP contribution in [0.3, 0.4) is 0 Å². The van der Waals surface area contributed by atoms with E-state index in [1.807, 2.05) is 0 Å². The molecule has 17 heavy (non-hydrogen) atoms. The summed E-state index contributed by atoms with van der Waals surface area (Å²) < 4.78 is 61.0. The van der Waals surface area contributed by atoms with Crippen molar-refractivity contribution in [3.05, 3.63) is 28.2 Å². The Morgan fingerprint density at radius 1 is 1.24 bits per heavy atom. The maximum atomic E-state index is 12.5. The van der Waals surface area contributed by atoms with E-state index in [0.29, 0.717) is 0 Å². The lowest BCUT2D eigenvalue weighted by atomic mass is 10.2. The van der Waals surface area contributed by atoms with Crippen LogP contribution in [0.1, 0.15) is 5.56 Å². The fourth-order valence-electron chi connectivity index (χ4n) is 1.11. The van der Waals surface area contributed by atoms with Crippen LogP contribution in [0.4, 0.5) is 18.9 Å². The van der Waals surface area contributed by atoms with E-state index < -0.39 is 21.8 Å². The monoisotopic (exact) mass is 331 g/mol. The zero-order chi connectivity index (χ0) is 13.4. The van der Waals surface area contributed by atoms with Gasteiger partial charge in [0.1, 0.15) is 0 Å². The second-order valence-corrected chi connectivity index (χ2v) is 6.36. The summed E-state index contributed by atoms with van der Waals surface area (Å²) in [4.78, 5) is 0. The minimum Gasteiger partial charge on any atom is -0.273 e. The average molecular weight is 332 g/mol. The molecule has 0 fully saturated rings. The minimum absolute atomic E-state index is 0.0470. The van der Waals surface area contributed by atoms with Crippen molar-refractivity contribution in [1.82, 2.24) is 0 Å². The second-order valence-electron chi connectivity index (χ2n) is 3.43. The number of halogens is 4. The number of nitrogens with zero attached hydrogens (tertiary/aromatic N) is 1. The van der Waals surface area contributed by atoms with E-state index in [1.165, 1.54) is 13.1 Å². The summed E-state index contributed by atoms with van der Waals surface area (Å²) in [7, 11) is -2.40. The molecule has 8 heteroatoms. The van der Waals surface area contributed by atoms with Crippen molar-refractivity contribution in [2.75, 3.05) is 17.6 Å². The Hall–Kier alpha value is -0.760. The largest absolute Gasteiger partial charge is 0.416 e. The normalized spacial score (nSPS) is 12.6. The zero-order valence-corrected chi connectivity index (χ0v) is 11.3. The van der Waals surface area contributed by atoms with E-state index in [0.717, 1.165) is 22.7 Å². The van der Waals surface area contributed by atoms with Crippen LogP contribution in [0.5, 0.6) is 0 Å². The number of anilines is 1. The van der Waals surface area contributed by atoms with Gasteiger partial charge in [-0.3, -0.25) is 4.31 Å². The Kier molecular flexibility index (Phi) is 3.78. The van der Waals surface area contributed by atoms with Gasteiger partial charge in [-0.15, -0.1) is 0 Å². The maximum Gasteiger partial charge on any atom is 0.416 e. The van der Waals surface area contributed by atoms with Gasteiger partial charge in [0, 0.05) is 11.5 Å². The van der Waals surface area contributed by atoms with E-state index in [-0.39, 0.29) is 10.2 Å². The van der Waals surface area contributed by atoms with Crippen LogP contribution >= 0.6 is 15.9 Å². The molecule has 0 saturated carbocycles. The van der Waals surface area contributed by atoms with Crippen molar-refractivity contribution in [3.63, 3.8) is 0 Å². The number of alkyl halides is 3. The van der Waals surface area contributed by atoms with Crippen LogP contribution < -0.4 is 4.31 Å². The van der Waals surface area contributed by atoms with Crippen molar-refractivity contribution < 1.29 is 21.6 Å². The molecule has 1 rings (SSSR count). The highest BCUT2D eigenvalue weighted by Crippen LogP contribution is 2.34. The molecule has 0 N–H and O–H groups in total. The van der Waals surface area contributed by atoms with E-state index in [9.17, 15) is 21.6 Å². The Labute approximate surface area is 105 Å². The molecule has 0 amide bonds. The van der Waals surface area contributed by atoms with Crippen LogP contribution in [-0.2, 0) is 16.2 Å². The predicted octanol–water partition coefficient (Wildman–Crippen LogP) is 2.86. The predicted molar refractivity (Wildman–Crippen MR) is 62.4 cm³/mol. The number of hydrogen-bond donors (Lipinski definition) is 0. The van der Waals surface area contributed by atoms with Crippen LogP contribution in [0.15, 0.2) is 22.7 Å². The van der Waals surface area contributed by atoms with Gasteiger partial charge in [-0.05, 0) is 18.2 Å². The Morgan fingerprint density at radius 2 is 1.76 bits per heavy atom. The first-order valence-corrected chi connectivity index (χ1v) is 6.97. The quantitative estimate of drug-likeness (QED) is 0.835. The molecule has 0 bridgehead atoms. The molecule has 0 atom stereocenters. The first kappa shape index (κ1) is 14.3. The fraction of sp³-hybridized carbons (Fsp3) is 0.333. The van der Waals surface area contributed by atoms with E-state index >= 15 is 0 Å². The number of benzene rings is 1. The fourth-order valence-corrected chi connectivity index (χ4v) is 2.08. The third-order valence-electron chi connectivity index (χ3n) is 2.07. The van der Waals surface area contributed by atoms with Gasteiger partial charge in [-0.2, -0.15) is 13.2 Å². The van der Waals surface area contributed by atoms with Crippen molar-refractivity contribution in [3.8, 4) is 0 Å². The van der Waals surface area contributed by atoms with Crippen LogP contribution in [0, 0.1) is 0 Å². The molecule has 1 aromatic carbocycles. The molecule has 3 nitrogen and oxygen atoms in total. The summed E-state index contributed by atoms with van der Waals surface area (Å²) >= 11 is 2.92. The molecule has 0 heterocycles. The van der Waals surface area contributed by atoms with Crippen molar-refractivity contribution in [2.45, 2.75) is 6.18 Å². The molecular weight excluding hydrogens is 323 g/mol. The van der Waals surface area contributed by atoms with Crippen LogP contribution in [0.25, 0.3) is 0 Å². The Bertz CT molecular complexity index is 528. The van der Waals surface area contributed by atoms with Crippen LogP contribution in [-0.4, -0.2) is 21.7 Å². The van der Waals surface area contributed by atoms with Gasteiger partial charge in [0.15, 0.2) is 0 Å². The van der Waals surface area contributed by atoms with E-state index in [1.54, 1.807) is 0 Å². The standard InChI is InChI=1S/C9H9BrF3NO2S/c1-14(17(2,15)16)8-4-6(9(11,12)13)3-7(10)5-8/h3-5H,1-2H3. The highest BCUT2D eigenvalue weighted by Gasteiger charge is 2.31. The lowest BCUT2D eigenvalue weighted by Gasteiger charge is -2.18. The summed E-state index contributed by atoms with van der Waals surface area (Å²) in [6, 6.07) is 2.97. The lowest BCUT2D eigenvalue weighted by molar-refractivity contribution is -0.137. The first-order chi connectivity index (χ1) is 7.51. The molecule has 0 unspecified atom stereocenters. The zero-order valence-electron chi connectivity index (χ0n) is 8.92. The topological polar surface area (TPSA) is 37.4 Å². The van der Waals surface area contributed by atoms with Gasteiger partial charge in [-0.1, -0.05) is 15.9 Å². The van der Waals surface area contributed by atoms with E-state index in [2.05, 4.69) is 15.9 Å². The summed E-state index contributed by atoms with van der Waals surface area (Å²) in [6.07, 6.45) is -3.60. The molecule has 96 valence electrons. The maximum absolute atomic E-state index is 12.5. The van der Waals surface area contributed by atoms with Gasteiger partial charge in [0.25, 0.3) is 0 Å². The average Bonchev–Trinajstić information content (AvgIpc) is 2.12.